The maximum Gasteiger partial charge on any atom is 0.228 e. The van der Waals surface area contributed by atoms with E-state index in [2.05, 4.69) is 34.6 Å². The van der Waals surface area contributed by atoms with Gasteiger partial charge in [-0.3, -0.25) is 4.79 Å². The number of amides is 1. The lowest BCUT2D eigenvalue weighted by Gasteiger charge is -2.36. The molecule has 2 aliphatic rings. The van der Waals surface area contributed by atoms with Crippen molar-refractivity contribution in [2.75, 3.05) is 29.9 Å². The first-order valence-electron chi connectivity index (χ1n) is 7.18. The predicted octanol–water partition coefficient (Wildman–Crippen LogP) is 1.76. The number of piperidine rings is 1. The van der Waals surface area contributed by atoms with E-state index in [1.807, 2.05) is 6.07 Å². The maximum atomic E-state index is 11.4. The van der Waals surface area contributed by atoms with E-state index in [0.717, 1.165) is 30.9 Å². The molecule has 0 unspecified atom stereocenters. The molecule has 0 aliphatic carbocycles. The molecule has 0 saturated carbocycles. The van der Waals surface area contributed by atoms with E-state index in [1.54, 1.807) is 0 Å². The zero-order valence-corrected chi connectivity index (χ0v) is 11.4. The van der Waals surface area contributed by atoms with E-state index < -0.39 is 0 Å². The molecule has 0 radical (unpaired) electrons. The van der Waals surface area contributed by atoms with Crippen LogP contribution in [0.1, 0.15) is 25.3 Å². The summed E-state index contributed by atoms with van der Waals surface area (Å²) >= 11 is 0. The van der Waals surface area contributed by atoms with Crippen molar-refractivity contribution in [3.63, 3.8) is 0 Å². The molecule has 1 saturated heterocycles. The van der Waals surface area contributed by atoms with Gasteiger partial charge in [-0.05, 0) is 56.6 Å². The molecule has 2 heterocycles. The van der Waals surface area contributed by atoms with Crippen LogP contribution in [0.5, 0.6) is 0 Å². The summed E-state index contributed by atoms with van der Waals surface area (Å²) in [5.74, 6) is 0.108. The Morgan fingerprint density at radius 2 is 2.11 bits per heavy atom. The largest absolute Gasteiger partial charge is 0.369 e. The van der Waals surface area contributed by atoms with Crippen LogP contribution in [0.15, 0.2) is 18.2 Å². The van der Waals surface area contributed by atoms with Crippen molar-refractivity contribution in [1.29, 1.82) is 0 Å². The summed E-state index contributed by atoms with van der Waals surface area (Å²) in [6.07, 6.45) is 2.91. The average molecular weight is 259 g/mol. The monoisotopic (exact) mass is 259 g/mol. The first kappa shape index (κ1) is 12.5. The third-order valence-electron chi connectivity index (χ3n) is 4.14. The number of carbonyl (C=O) groups excluding carboxylic acids is 1. The normalized spacial score (nSPS) is 19.1. The van der Waals surface area contributed by atoms with Gasteiger partial charge in [0.2, 0.25) is 5.91 Å². The first-order valence-corrected chi connectivity index (χ1v) is 7.18. The lowest BCUT2D eigenvalue weighted by molar-refractivity contribution is -0.115. The van der Waals surface area contributed by atoms with E-state index in [9.17, 15) is 4.79 Å². The Kier molecular flexibility index (Phi) is 3.42. The summed E-state index contributed by atoms with van der Waals surface area (Å²) in [7, 11) is 0. The minimum atomic E-state index is 0.108. The second kappa shape index (κ2) is 5.21. The fourth-order valence-electron chi connectivity index (χ4n) is 3.16. The van der Waals surface area contributed by atoms with Crippen LogP contribution in [0.3, 0.4) is 0 Å². The lowest BCUT2D eigenvalue weighted by Crippen LogP contribution is -2.43. The van der Waals surface area contributed by atoms with Crippen LogP contribution in [0.25, 0.3) is 0 Å². The molecule has 4 nitrogen and oxygen atoms in total. The fraction of sp³-hybridized carbons (Fsp3) is 0.533. The Bertz CT molecular complexity index is 480. The highest BCUT2D eigenvalue weighted by molar-refractivity contribution is 5.99. The highest BCUT2D eigenvalue weighted by Crippen LogP contribution is 2.29. The van der Waals surface area contributed by atoms with Crippen LogP contribution in [0.2, 0.25) is 0 Å². The molecular weight excluding hydrogens is 238 g/mol. The Balaban J connectivity index is 1.83. The van der Waals surface area contributed by atoms with E-state index in [-0.39, 0.29) is 5.91 Å². The van der Waals surface area contributed by atoms with Crippen LogP contribution in [-0.2, 0) is 11.2 Å². The van der Waals surface area contributed by atoms with Gasteiger partial charge in [0.15, 0.2) is 0 Å². The molecule has 1 fully saturated rings. The van der Waals surface area contributed by atoms with E-state index in [0.29, 0.717) is 12.5 Å². The number of fused-ring (bicyclic) bond motifs is 1. The van der Waals surface area contributed by atoms with Crippen molar-refractivity contribution in [1.82, 2.24) is 5.32 Å². The Morgan fingerprint density at radius 1 is 1.32 bits per heavy atom. The van der Waals surface area contributed by atoms with Crippen molar-refractivity contribution < 1.29 is 4.79 Å². The average Bonchev–Trinajstić information content (AvgIpc) is 2.80. The molecule has 4 heteroatoms. The number of hydrogen-bond donors (Lipinski definition) is 2. The zero-order valence-electron chi connectivity index (χ0n) is 11.4. The molecule has 0 bridgehead atoms. The van der Waals surface area contributed by atoms with Crippen molar-refractivity contribution in [2.45, 2.75) is 32.2 Å². The molecule has 0 aromatic heterocycles. The minimum absolute atomic E-state index is 0.108. The van der Waals surface area contributed by atoms with Gasteiger partial charge in [0.25, 0.3) is 0 Å². The van der Waals surface area contributed by atoms with Gasteiger partial charge >= 0.3 is 0 Å². The highest BCUT2D eigenvalue weighted by Gasteiger charge is 2.23. The molecule has 102 valence electrons. The minimum Gasteiger partial charge on any atom is -0.369 e. The van der Waals surface area contributed by atoms with Gasteiger partial charge in [-0.15, -0.1) is 0 Å². The molecule has 3 rings (SSSR count). The maximum absolute atomic E-state index is 11.4. The van der Waals surface area contributed by atoms with Gasteiger partial charge in [0.1, 0.15) is 0 Å². The molecule has 1 aromatic carbocycles. The highest BCUT2D eigenvalue weighted by atomic mass is 16.1. The smallest absolute Gasteiger partial charge is 0.228 e. The van der Waals surface area contributed by atoms with E-state index in [1.165, 1.54) is 18.5 Å². The number of nitrogens with one attached hydrogen (secondary N) is 2. The molecule has 1 amide bonds. The van der Waals surface area contributed by atoms with Crippen molar-refractivity contribution >= 4 is 17.3 Å². The van der Waals surface area contributed by atoms with Crippen LogP contribution in [0.4, 0.5) is 11.4 Å². The van der Waals surface area contributed by atoms with Gasteiger partial charge in [0, 0.05) is 24.0 Å². The summed E-state index contributed by atoms with van der Waals surface area (Å²) in [4.78, 5) is 13.9. The Hall–Kier alpha value is -1.55. The summed E-state index contributed by atoms with van der Waals surface area (Å²) in [5.41, 5.74) is 3.37. The van der Waals surface area contributed by atoms with Gasteiger partial charge in [-0.2, -0.15) is 0 Å². The van der Waals surface area contributed by atoms with Crippen molar-refractivity contribution in [3.8, 4) is 0 Å². The molecule has 2 N–H and O–H groups in total. The van der Waals surface area contributed by atoms with Crippen LogP contribution >= 0.6 is 0 Å². The second-order valence-electron chi connectivity index (χ2n) is 5.33. The molecule has 0 spiro atoms. The molecule has 2 aliphatic heterocycles. The Morgan fingerprint density at radius 3 is 2.84 bits per heavy atom. The zero-order chi connectivity index (χ0) is 13.2. The topological polar surface area (TPSA) is 44.4 Å². The lowest BCUT2D eigenvalue weighted by atomic mass is 10.0. The number of carbonyl (C=O) groups is 1. The number of rotatable bonds is 3. The number of hydrogen-bond acceptors (Lipinski definition) is 3. The standard InChI is InChI=1S/C15H21N3O/c1-2-18(12-5-7-16-8-6-12)13-3-4-14-11(9-13)10-15(19)17-14/h3-4,9,12,16H,2,5-8,10H2,1H3,(H,17,19). The molecule has 19 heavy (non-hydrogen) atoms. The van der Waals surface area contributed by atoms with Gasteiger partial charge in [-0.1, -0.05) is 0 Å². The van der Waals surface area contributed by atoms with Crippen molar-refractivity contribution in [3.05, 3.63) is 23.8 Å². The fourth-order valence-corrected chi connectivity index (χ4v) is 3.16. The summed E-state index contributed by atoms with van der Waals surface area (Å²) < 4.78 is 0. The Labute approximate surface area is 114 Å². The van der Waals surface area contributed by atoms with Gasteiger partial charge in [-0.25, -0.2) is 0 Å². The molecular formula is C15H21N3O. The first-order chi connectivity index (χ1) is 9.28. The van der Waals surface area contributed by atoms with Gasteiger partial charge in [0.05, 0.1) is 6.42 Å². The summed E-state index contributed by atoms with van der Waals surface area (Å²) in [6, 6.07) is 6.97. The van der Waals surface area contributed by atoms with Gasteiger partial charge < -0.3 is 15.5 Å². The summed E-state index contributed by atoms with van der Waals surface area (Å²) in [6.45, 7) is 5.43. The number of benzene rings is 1. The summed E-state index contributed by atoms with van der Waals surface area (Å²) in [5, 5.41) is 6.30. The van der Waals surface area contributed by atoms with Crippen molar-refractivity contribution in [2.24, 2.45) is 0 Å². The van der Waals surface area contributed by atoms with Crippen LogP contribution in [-0.4, -0.2) is 31.6 Å². The SMILES string of the molecule is CCN(c1ccc2c(c1)CC(=O)N2)C1CCNCC1. The van der Waals surface area contributed by atoms with E-state index in [4.69, 9.17) is 0 Å². The van der Waals surface area contributed by atoms with Crippen LogP contribution < -0.4 is 15.5 Å². The third-order valence-corrected chi connectivity index (χ3v) is 4.14. The quantitative estimate of drug-likeness (QED) is 0.869. The second-order valence-corrected chi connectivity index (χ2v) is 5.33. The van der Waals surface area contributed by atoms with Crippen LogP contribution in [0, 0.1) is 0 Å². The molecule has 0 atom stereocenters. The third kappa shape index (κ3) is 2.45. The predicted molar refractivity (Wildman–Crippen MR) is 77.7 cm³/mol. The number of anilines is 2. The molecule has 1 aromatic rings. The number of nitrogens with zero attached hydrogens (tertiary/aromatic N) is 1. The van der Waals surface area contributed by atoms with E-state index >= 15 is 0 Å².